The quantitative estimate of drug-likeness (QED) is 0.746. The molecule has 0 atom stereocenters. The molecule has 1 aromatic rings. The zero-order valence-corrected chi connectivity index (χ0v) is 13.8. The number of sulfonamides is 1. The van der Waals surface area contributed by atoms with Crippen LogP contribution in [0.2, 0.25) is 5.02 Å². The number of hydrogen-bond acceptors (Lipinski definition) is 5. The Labute approximate surface area is 136 Å². The third kappa shape index (κ3) is 4.41. The number of rotatable bonds is 6. The second-order valence-corrected chi connectivity index (χ2v) is 7.21. The number of hydrogen-bond donors (Lipinski definition) is 2. The third-order valence-electron chi connectivity index (χ3n) is 3.53. The Bertz CT molecular complexity index is 651. The van der Waals surface area contributed by atoms with Crippen LogP contribution >= 0.6 is 11.6 Å². The fourth-order valence-corrected chi connectivity index (χ4v) is 3.88. The molecule has 6 nitrogen and oxygen atoms in total. The highest BCUT2D eigenvalue weighted by molar-refractivity contribution is 7.89. The number of benzene rings is 1. The molecule has 1 aliphatic rings. The molecule has 0 aliphatic carbocycles. The molecule has 0 unspecified atom stereocenters. The largest absolute Gasteiger partial charge is 0.314 e. The van der Waals surface area contributed by atoms with Gasteiger partial charge in [-0.15, -0.1) is 0 Å². The average Bonchev–Trinajstić information content (AvgIpc) is 2.52. The molecule has 0 bridgehead atoms. The summed E-state index contributed by atoms with van der Waals surface area (Å²) in [4.78, 5) is 2.23. The summed E-state index contributed by atoms with van der Waals surface area (Å²) in [6.45, 7) is 5.10. The Morgan fingerprint density at radius 1 is 1.36 bits per heavy atom. The van der Waals surface area contributed by atoms with Gasteiger partial charge in [-0.2, -0.15) is 5.26 Å². The molecule has 0 saturated carbocycles. The zero-order valence-electron chi connectivity index (χ0n) is 12.2. The first kappa shape index (κ1) is 17.2. The Morgan fingerprint density at radius 3 is 2.77 bits per heavy atom. The molecular weight excluding hydrogens is 324 g/mol. The van der Waals surface area contributed by atoms with Crippen molar-refractivity contribution in [3.05, 3.63) is 28.8 Å². The van der Waals surface area contributed by atoms with E-state index in [4.69, 9.17) is 16.9 Å². The van der Waals surface area contributed by atoms with Gasteiger partial charge in [0.25, 0.3) is 0 Å². The molecule has 1 aliphatic heterocycles. The van der Waals surface area contributed by atoms with E-state index in [-0.39, 0.29) is 15.5 Å². The van der Waals surface area contributed by atoms with Crippen LogP contribution in [0, 0.1) is 11.3 Å². The van der Waals surface area contributed by atoms with Gasteiger partial charge in [0, 0.05) is 32.7 Å². The highest BCUT2D eigenvalue weighted by Gasteiger charge is 2.20. The van der Waals surface area contributed by atoms with Crippen molar-refractivity contribution < 1.29 is 8.42 Å². The molecule has 0 aromatic heterocycles. The lowest BCUT2D eigenvalue weighted by Gasteiger charge is -2.27. The van der Waals surface area contributed by atoms with Crippen molar-refractivity contribution in [2.24, 2.45) is 0 Å². The van der Waals surface area contributed by atoms with Gasteiger partial charge in [-0.3, -0.25) is 0 Å². The highest BCUT2D eigenvalue weighted by atomic mass is 35.5. The van der Waals surface area contributed by atoms with Gasteiger partial charge in [0.1, 0.15) is 11.0 Å². The van der Waals surface area contributed by atoms with Crippen LogP contribution < -0.4 is 10.0 Å². The average molecular weight is 343 g/mol. The first-order valence-electron chi connectivity index (χ1n) is 7.16. The molecule has 0 spiro atoms. The van der Waals surface area contributed by atoms with E-state index in [9.17, 15) is 8.42 Å². The zero-order chi connectivity index (χ0) is 16.0. The van der Waals surface area contributed by atoms with Crippen LogP contribution in [0.3, 0.4) is 0 Å². The van der Waals surface area contributed by atoms with E-state index in [0.29, 0.717) is 6.54 Å². The SMILES string of the molecule is N#Cc1c(Cl)cccc1S(=O)(=O)NCCCN1CCNCC1. The van der Waals surface area contributed by atoms with E-state index in [1.165, 1.54) is 18.2 Å². The van der Waals surface area contributed by atoms with Gasteiger partial charge in [0.05, 0.1) is 10.6 Å². The van der Waals surface area contributed by atoms with E-state index in [2.05, 4.69) is 14.9 Å². The van der Waals surface area contributed by atoms with Gasteiger partial charge >= 0.3 is 0 Å². The van der Waals surface area contributed by atoms with Crippen LogP contribution in [0.5, 0.6) is 0 Å². The van der Waals surface area contributed by atoms with E-state index >= 15 is 0 Å². The Morgan fingerprint density at radius 2 is 2.09 bits per heavy atom. The van der Waals surface area contributed by atoms with E-state index < -0.39 is 10.0 Å². The van der Waals surface area contributed by atoms with E-state index in [0.717, 1.165) is 39.1 Å². The van der Waals surface area contributed by atoms with Gasteiger partial charge in [-0.1, -0.05) is 17.7 Å². The molecule has 22 heavy (non-hydrogen) atoms. The van der Waals surface area contributed by atoms with Gasteiger partial charge in [-0.25, -0.2) is 13.1 Å². The minimum atomic E-state index is -3.72. The summed E-state index contributed by atoms with van der Waals surface area (Å²) in [6.07, 6.45) is 0.724. The van der Waals surface area contributed by atoms with Crippen LogP contribution in [-0.4, -0.2) is 52.6 Å². The Hall–Kier alpha value is -1.17. The Kier molecular flexibility index (Phi) is 6.17. The summed E-state index contributed by atoms with van der Waals surface area (Å²) in [5.74, 6) is 0. The van der Waals surface area contributed by atoms with Crippen molar-refractivity contribution in [1.29, 1.82) is 5.26 Å². The normalized spacial score (nSPS) is 16.4. The molecular formula is C14H19ClN4O2S. The van der Waals surface area contributed by atoms with Crippen molar-refractivity contribution in [2.75, 3.05) is 39.3 Å². The lowest BCUT2D eigenvalue weighted by atomic mass is 10.2. The number of piperazine rings is 1. The number of nitriles is 1. The van der Waals surface area contributed by atoms with Crippen LogP contribution in [0.1, 0.15) is 12.0 Å². The highest BCUT2D eigenvalue weighted by Crippen LogP contribution is 2.22. The topological polar surface area (TPSA) is 85.2 Å². The maximum absolute atomic E-state index is 12.3. The molecule has 0 amide bonds. The van der Waals surface area contributed by atoms with Gasteiger partial charge in [0.2, 0.25) is 10.0 Å². The molecule has 1 saturated heterocycles. The number of nitrogens with one attached hydrogen (secondary N) is 2. The lowest BCUT2D eigenvalue weighted by Crippen LogP contribution is -2.44. The molecule has 120 valence electrons. The molecule has 1 aromatic carbocycles. The monoisotopic (exact) mass is 342 g/mol. The molecule has 0 radical (unpaired) electrons. The summed E-state index contributed by atoms with van der Waals surface area (Å²) >= 11 is 5.87. The summed E-state index contributed by atoms with van der Waals surface area (Å²) in [5, 5.41) is 12.5. The van der Waals surface area contributed by atoms with Crippen molar-refractivity contribution >= 4 is 21.6 Å². The summed E-state index contributed by atoms with van der Waals surface area (Å²) in [5.41, 5.74) is -0.0150. The van der Waals surface area contributed by atoms with Gasteiger partial charge in [-0.05, 0) is 25.1 Å². The molecule has 2 N–H and O–H groups in total. The fraction of sp³-hybridized carbons (Fsp3) is 0.500. The maximum Gasteiger partial charge on any atom is 0.241 e. The van der Waals surface area contributed by atoms with Crippen LogP contribution in [0.4, 0.5) is 0 Å². The minimum absolute atomic E-state index is 0.0150. The van der Waals surface area contributed by atoms with Gasteiger partial charge < -0.3 is 10.2 Å². The van der Waals surface area contributed by atoms with Gasteiger partial charge in [0.15, 0.2) is 0 Å². The second-order valence-electron chi connectivity index (χ2n) is 5.07. The first-order valence-corrected chi connectivity index (χ1v) is 9.02. The predicted molar refractivity (Wildman–Crippen MR) is 85.3 cm³/mol. The minimum Gasteiger partial charge on any atom is -0.314 e. The lowest BCUT2D eigenvalue weighted by molar-refractivity contribution is 0.239. The standard InChI is InChI=1S/C14H19ClN4O2S/c15-13-3-1-4-14(12(13)11-16)22(20,21)18-5-2-8-19-9-6-17-7-10-19/h1,3-4,17-18H,2,5-10H2. The van der Waals surface area contributed by atoms with Crippen molar-refractivity contribution in [3.8, 4) is 6.07 Å². The summed E-state index contributed by atoms with van der Waals surface area (Å²) in [7, 11) is -3.72. The van der Waals surface area contributed by atoms with Crippen LogP contribution in [0.25, 0.3) is 0 Å². The Balaban J connectivity index is 1.91. The van der Waals surface area contributed by atoms with Crippen LogP contribution in [-0.2, 0) is 10.0 Å². The van der Waals surface area contributed by atoms with Crippen molar-refractivity contribution in [2.45, 2.75) is 11.3 Å². The van der Waals surface area contributed by atoms with Crippen LogP contribution in [0.15, 0.2) is 23.1 Å². The third-order valence-corrected chi connectivity index (χ3v) is 5.35. The molecule has 8 heteroatoms. The van der Waals surface area contributed by atoms with Crippen molar-refractivity contribution in [3.63, 3.8) is 0 Å². The molecule has 1 fully saturated rings. The van der Waals surface area contributed by atoms with E-state index in [1.807, 2.05) is 6.07 Å². The predicted octanol–water partition coefficient (Wildman–Crippen LogP) is 0.785. The summed E-state index contributed by atoms with van der Waals surface area (Å²) in [6, 6.07) is 6.27. The van der Waals surface area contributed by atoms with E-state index in [1.54, 1.807) is 0 Å². The second kappa shape index (κ2) is 7.90. The summed E-state index contributed by atoms with van der Waals surface area (Å²) < 4.78 is 27.1. The molecule has 2 rings (SSSR count). The maximum atomic E-state index is 12.3. The smallest absolute Gasteiger partial charge is 0.241 e. The van der Waals surface area contributed by atoms with Crippen molar-refractivity contribution in [1.82, 2.24) is 14.9 Å². The number of nitrogens with zero attached hydrogens (tertiary/aromatic N) is 2. The fourth-order valence-electron chi connectivity index (χ4n) is 2.36. The molecule has 1 heterocycles. The number of halogens is 1. The first-order chi connectivity index (χ1) is 10.5.